The molecule has 1 saturated carbocycles. The molecule has 0 radical (unpaired) electrons. The summed E-state index contributed by atoms with van der Waals surface area (Å²) in [6.07, 6.45) is 4.59. The molecule has 0 spiro atoms. The SMILES string of the molecule is CSC(C)(C)CNc1cc(Br)nc(C2CC2)n1. The van der Waals surface area contributed by atoms with E-state index in [9.17, 15) is 0 Å². The van der Waals surface area contributed by atoms with Crippen LogP contribution < -0.4 is 5.32 Å². The highest BCUT2D eigenvalue weighted by Crippen LogP contribution is 2.38. The summed E-state index contributed by atoms with van der Waals surface area (Å²) in [6, 6.07) is 1.95. The Labute approximate surface area is 115 Å². The zero-order valence-electron chi connectivity index (χ0n) is 10.5. The Balaban J connectivity index is 2.05. The van der Waals surface area contributed by atoms with Crippen molar-refractivity contribution in [3.63, 3.8) is 0 Å². The Morgan fingerprint density at radius 3 is 2.76 bits per heavy atom. The van der Waals surface area contributed by atoms with E-state index < -0.39 is 0 Å². The molecular weight excluding hydrogens is 298 g/mol. The molecule has 1 aromatic heterocycles. The summed E-state index contributed by atoms with van der Waals surface area (Å²) in [4.78, 5) is 8.99. The Hall–Kier alpha value is -0.290. The predicted molar refractivity (Wildman–Crippen MR) is 77.8 cm³/mol. The molecule has 0 bridgehead atoms. The second-order valence-electron chi connectivity index (χ2n) is 5.03. The Morgan fingerprint density at radius 1 is 1.47 bits per heavy atom. The first kappa shape index (κ1) is 13.1. The quantitative estimate of drug-likeness (QED) is 0.841. The van der Waals surface area contributed by atoms with Crippen molar-refractivity contribution in [2.24, 2.45) is 0 Å². The van der Waals surface area contributed by atoms with Crippen LogP contribution in [-0.4, -0.2) is 27.5 Å². The number of hydrogen-bond donors (Lipinski definition) is 1. The van der Waals surface area contributed by atoms with Gasteiger partial charge in [0.05, 0.1) is 0 Å². The molecule has 0 saturated heterocycles. The smallest absolute Gasteiger partial charge is 0.135 e. The van der Waals surface area contributed by atoms with Crippen molar-refractivity contribution in [2.45, 2.75) is 37.4 Å². The minimum Gasteiger partial charge on any atom is -0.369 e. The van der Waals surface area contributed by atoms with Gasteiger partial charge in [0.2, 0.25) is 0 Å². The Morgan fingerprint density at radius 2 is 2.18 bits per heavy atom. The van der Waals surface area contributed by atoms with Crippen molar-refractivity contribution in [3.05, 3.63) is 16.5 Å². The maximum absolute atomic E-state index is 4.57. The van der Waals surface area contributed by atoms with Gasteiger partial charge in [-0.15, -0.1) is 0 Å². The average molecular weight is 316 g/mol. The molecule has 0 amide bonds. The zero-order chi connectivity index (χ0) is 12.5. The van der Waals surface area contributed by atoms with E-state index in [4.69, 9.17) is 0 Å². The van der Waals surface area contributed by atoms with Crippen LogP contribution in [0.4, 0.5) is 5.82 Å². The molecule has 0 unspecified atom stereocenters. The maximum atomic E-state index is 4.57. The molecule has 1 heterocycles. The summed E-state index contributed by atoms with van der Waals surface area (Å²) in [5.41, 5.74) is 0. The number of anilines is 1. The van der Waals surface area contributed by atoms with Gasteiger partial charge in [-0.3, -0.25) is 0 Å². The molecule has 94 valence electrons. The van der Waals surface area contributed by atoms with E-state index in [1.807, 2.05) is 17.8 Å². The molecule has 5 heteroatoms. The van der Waals surface area contributed by atoms with Crippen molar-refractivity contribution >= 4 is 33.5 Å². The molecule has 17 heavy (non-hydrogen) atoms. The molecule has 2 rings (SSSR count). The topological polar surface area (TPSA) is 37.8 Å². The first-order valence-corrected chi connectivity index (χ1v) is 7.85. The number of thioether (sulfide) groups is 1. The predicted octanol–water partition coefficient (Wildman–Crippen LogP) is 3.67. The average Bonchev–Trinajstić information content (AvgIpc) is 3.10. The first-order valence-electron chi connectivity index (χ1n) is 5.84. The molecule has 1 aliphatic rings. The van der Waals surface area contributed by atoms with E-state index in [-0.39, 0.29) is 4.75 Å². The number of aromatic nitrogens is 2. The fourth-order valence-corrected chi connectivity index (χ4v) is 2.04. The van der Waals surface area contributed by atoms with E-state index in [0.29, 0.717) is 5.92 Å². The van der Waals surface area contributed by atoms with E-state index in [1.165, 1.54) is 12.8 Å². The van der Waals surface area contributed by atoms with Gasteiger partial charge in [-0.05, 0) is 48.9 Å². The third-order valence-corrected chi connectivity index (χ3v) is 4.56. The van der Waals surface area contributed by atoms with Crippen molar-refractivity contribution in [2.75, 3.05) is 18.1 Å². The molecule has 0 atom stereocenters. The molecule has 1 aliphatic carbocycles. The fourth-order valence-electron chi connectivity index (χ4n) is 1.43. The highest BCUT2D eigenvalue weighted by Gasteiger charge is 2.27. The second-order valence-corrected chi connectivity index (χ2v) is 7.35. The van der Waals surface area contributed by atoms with Crippen LogP contribution in [0.1, 0.15) is 38.4 Å². The van der Waals surface area contributed by atoms with Crippen molar-refractivity contribution in [3.8, 4) is 0 Å². The first-order chi connectivity index (χ1) is 8.00. The third kappa shape index (κ3) is 3.85. The zero-order valence-corrected chi connectivity index (χ0v) is 12.9. The van der Waals surface area contributed by atoms with Gasteiger partial charge in [0.25, 0.3) is 0 Å². The monoisotopic (exact) mass is 315 g/mol. The van der Waals surface area contributed by atoms with E-state index in [1.54, 1.807) is 0 Å². The molecule has 0 aliphatic heterocycles. The van der Waals surface area contributed by atoms with E-state index in [2.05, 4.69) is 51.3 Å². The molecule has 3 nitrogen and oxygen atoms in total. The lowest BCUT2D eigenvalue weighted by Crippen LogP contribution is -2.26. The van der Waals surface area contributed by atoms with Gasteiger partial charge in [-0.1, -0.05) is 0 Å². The van der Waals surface area contributed by atoms with Gasteiger partial charge in [0, 0.05) is 23.3 Å². The van der Waals surface area contributed by atoms with Gasteiger partial charge >= 0.3 is 0 Å². The van der Waals surface area contributed by atoms with E-state index >= 15 is 0 Å². The van der Waals surface area contributed by atoms with Crippen LogP contribution >= 0.6 is 27.7 Å². The molecule has 0 aromatic carbocycles. The number of rotatable bonds is 5. The number of nitrogens with zero attached hydrogens (tertiary/aromatic N) is 2. The summed E-state index contributed by atoms with van der Waals surface area (Å²) in [6.45, 7) is 5.35. The van der Waals surface area contributed by atoms with Crippen LogP contribution in [0.15, 0.2) is 10.7 Å². The van der Waals surface area contributed by atoms with Gasteiger partial charge in [0.1, 0.15) is 16.2 Å². The van der Waals surface area contributed by atoms with Crippen molar-refractivity contribution < 1.29 is 0 Å². The second kappa shape index (κ2) is 5.14. The fraction of sp³-hybridized carbons (Fsp3) is 0.667. The summed E-state index contributed by atoms with van der Waals surface area (Å²) in [5.74, 6) is 2.49. The van der Waals surface area contributed by atoms with Crippen LogP contribution in [0, 0.1) is 0 Å². The molecule has 1 fully saturated rings. The van der Waals surface area contributed by atoms with Crippen LogP contribution in [0.5, 0.6) is 0 Å². The van der Waals surface area contributed by atoms with Gasteiger partial charge in [-0.25, -0.2) is 9.97 Å². The minimum atomic E-state index is 0.219. The Bertz CT molecular complexity index is 405. The normalized spacial score (nSPS) is 16.0. The highest BCUT2D eigenvalue weighted by molar-refractivity contribution is 9.10. The molecule has 1 aromatic rings. The van der Waals surface area contributed by atoms with Gasteiger partial charge in [-0.2, -0.15) is 11.8 Å². The third-order valence-electron chi connectivity index (χ3n) is 2.90. The largest absolute Gasteiger partial charge is 0.369 e. The summed E-state index contributed by atoms with van der Waals surface area (Å²) in [7, 11) is 0. The lowest BCUT2D eigenvalue weighted by Gasteiger charge is -2.22. The van der Waals surface area contributed by atoms with Crippen LogP contribution in [0.3, 0.4) is 0 Å². The lowest BCUT2D eigenvalue weighted by molar-refractivity contribution is 0.747. The lowest BCUT2D eigenvalue weighted by atomic mass is 10.2. The van der Waals surface area contributed by atoms with Crippen LogP contribution in [-0.2, 0) is 0 Å². The summed E-state index contributed by atoms with van der Waals surface area (Å²) < 4.78 is 1.09. The minimum absolute atomic E-state index is 0.219. The highest BCUT2D eigenvalue weighted by atomic mass is 79.9. The summed E-state index contributed by atoms with van der Waals surface area (Å²) >= 11 is 5.31. The van der Waals surface area contributed by atoms with Gasteiger partial charge in [0.15, 0.2) is 0 Å². The Kier molecular flexibility index (Phi) is 3.98. The standard InChI is InChI=1S/C12H18BrN3S/c1-12(2,17-3)7-14-10-6-9(13)15-11(16-10)8-4-5-8/h6,8H,4-5,7H2,1-3H3,(H,14,15,16). The molecular formula is C12H18BrN3S. The number of halogens is 1. The number of hydrogen-bond acceptors (Lipinski definition) is 4. The van der Waals surface area contributed by atoms with Crippen molar-refractivity contribution in [1.29, 1.82) is 0 Å². The number of nitrogens with one attached hydrogen (secondary N) is 1. The summed E-state index contributed by atoms with van der Waals surface area (Å²) in [5, 5.41) is 3.40. The van der Waals surface area contributed by atoms with Crippen molar-refractivity contribution in [1.82, 2.24) is 9.97 Å². The van der Waals surface area contributed by atoms with Crippen LogP contribution in [0.2, 0.25) is 0 Å². The van der Waals surface area contributed by atoms with Crippen LogP contribution in [0.25, 0.3) is 0 Å². The molecule has 1 N–H and O–H groups in total. The maximum Gasteiger partial charge on any atom is 0.135 e. The van der Waals surface area contributed by atoms with Gasteiger partial charge < -0.3 is 5.32 Å². The van der Waals surface area contributed by atoms with E-state index in [0.717, 1.165) is 22.8 Å².